The van der Waals surface area contributed by atoms with Crippen molar-refractivity contribution in [3.8, 4) is 57.5 Å². The van der Waals surface area contributed by atoms with Gasteiger partial charge in [0.1, 0.15) is 0 Å². The summed E-state index contributed by atoms with van der Waals surface area (Å²) < 4.78 is 0. The van der Waals surface area contributed by atoms with Crippen molar-refractivity contribution in [3.63, 3.8) is 0 Å². The second-order valence-electron chi connectivity index (χ2n) is 29.4. The molecule has 0 unspecified atom stereocenters. The first-order valence-corrected chi connectivity index (χ1v) is 37.5. The Hall–Kier alpha value is -12.8. The van der Waals surface area contributed by atoms with Crippen LogP contribution in [0.25, 0.3) is 0 Å². The highest BCUT2D eigenvalue weighted by Gasteiger charge is 2.17. The Morgan fingerprint density at radius 2 is 0.653 bits per heavy atom. The van der Waals surface area contributed by atoms with Crippen LogP contribution in [0.3, 0.4) is 0 Å². The van der Waals surface area contributed by atoms with Gasteiger partial charge in [-0.05, 0) is 250 Å². The molecule has 38 nitrogen and oxygen atoms in total. The maximum atomic E-state index is 11.6. The van der Waals surface area contributed by atoms with Gasteiger partial charge in [-0.1, -0.05) is 13.8 Å². The number of aryl methyl sites for hydroxylation is 6. The quantitative estimate of drug-likeness (QED) is 0.0634. The first kappa shape index (κ1) is 108. The van der Waals surface area contributed by atoms with Crippen LogP contribution in [0.5, 0.6) is 57.5 Å². The minimum atomic E-state index is -0.451. The van der Waals surface area contributed by atoms with Crippen molar-refractivity contribution < 1.29 is 51.1 Å². The summed E-state index contributed by atoms with van der Waals surface area (Å²) in [7, 11) is 30.5. The van der Waals surface area contributed by atoms with E-state index in [1.807, 2.05) is 186 Å². The molecule has 10 aromatic rings. The zero-order valence-corrected chi connectivity index (χ0v) is 73.9. The molecule has 10 rings (SSSR count). The van der Waals surface area contributed by atoms with Crippen molar-refractivity contribution in [2.24, 2.45) is 0 Å². The Labute approximate surface area is 701 Å². The van der Waals surface area contributed by atoms with Gasteiger partial charge in [-0.3, -0.25) is 47.9 Å². The van der Waals surface area contributed by atoms with E-state index in [0.29, 0.717) is 91.3 Å². The minimum absolute atomic E-state index is 0.168. The van der Waals surface area contributed by atoms with Gasteiger partial charge in [-0.2, -0.15) is 0 Å². The lowest BCUT2D eigenvalue weighted by molar-refractivity contribution is 0.374. The number of aromatic hydroxyl groups is 10. The van der Waals surface area contributed by atoms with Crippen molar-refractivity contribution >= 4 is 0 Å². The van der Waals surface area contributed by atoms with E-state index in [9.17, 15) is 78.6 Å². The molecule has 668 valence electrons. The highest BCUT2D eigenvalue weighted by molar-refractivity contribution is 5.40. The van der Waals surface area contributed by atoms with Gasteiger partial charge in [0.05, 0.1) is 0 Å². The Balaban J connectivity index is 0.00000133. The van der Waals surface area contributed by atoms with Crippen molar-refractivity contribution in [2.75, 3.05) is 113 Å². The lowest BCUT2D eigenvalue weighted by Gasteiger charge is -2.18. The number of hydrogen-bond acceptors (Lipinski definition) is 28. The summed E-state index contributed by atoms with van der Waals surface area (Å²) in [6, 6.07) is 16.0. The van der Waals surface area contributed by atoms with Crippen molar-refractivity contribution in [3.05, 3.63) is 279 Å². The van der Waals surface area contributed by atoms with E-state index in [2.05, 4.69) is 49.8 Å². The smallest absolute Gasteiger partial charge is 0.290 e. The number of H-pyrrole nitrogens is 10. The second kappa shape index (κ2) is 54.3. The highest BCUT2D eigenvalue weighted by Crippen LogP contribution is 2.22. The van der Waals surface area contributed by atoms with Crippen LogP contribution in [0.15, 0.2) is 140 Å². The third-order valence-electron chi connectivity index (χ3n) is 15.6. The topological polar surface area (TPSA) is 557 Å². The second-order valence-corrected chi connectivity index (χ2v) is 29.4. The van der Waals surface area contributed by atoms with Gasteiger partial charge in [0.25, 0.3) is 55.6 Å². The predicted octanol–water partition coefficient (Wildman–Crippen LogP) is 4.48. The van der Waals surface area contributed by atoms with Crippen LogP contribution in [-0.2, 0) is 52.4 Å². The summed E-state index contributed by atoms with van der Waals surface area (Å²) in [4.78, 5) is 149. The molecule has 0 radical (unpaired) electrons. The normalized spacial score (nSPS) is 10.4. The Kier molecular flexibility index (Phi) is 48.5. The van der Waals surface area contributed by atoms with E-state index in [4.69, 9.17) is 20.4 Å². The van der Waals surface area contributed by atoms with Crippen LogP contribution in [0.4, 0.5) is 0 Å². The number of pyridine rings is 10. The van der Waals surface area contributed by atoms with Gasteiger partial charge in [0.2, 0.25) is 0 Å². The zero-order chi connectivity index (χ0) is 93.2. The molecule has 38 heteroatoms. The number of nitrogens with zero attached hydrogens (tertiary/aromatic N) is 8. The van der Waals surface area contributed by atoms with E-state index >= 15 is 0 Å². The maximum absolute atomic E-state index is 11.6. The first-order valence-electron chi connectivity index (χ1n) is 37.5. The van der Waals surface area contributed by atoms with E-state index in [1.165, 1.54) is 36.8 Å². The largest absolute Gasteiger partial charge is 0.503 e. The molecule has 0 aromatic carbocycles. The molecular formula is C83H126N18O20. The summed E-state index contributed by atoms with van der Waals surface area (Å²) in [5.74, 6) is -1.99. The van der Waals surface area contributed by atoms with Gasteiger partial charge in [0.15, 0.2) is 57.5 Å². The fourth-order valence-electron chi connectivity index (χ4n) is 9.98. The molecule has 20 N–H and O–H groups in total. The average Bonchev–Trinajstić information content (AvgIpc) is 0.811. The van der Waals surface area contributed by atoms with Gasteiger partial charge in [0, 0.05) is 140 Å². The molecule has 0 saturated carbocycles. The molecule has 0 aliphatic rings. The fourth-order valence-corrected chi connectivity index (χ4v) is 9.98. The first-order chi connectivity index (χ1) is 56.3. The lowest BCUT2D eigenvalue weighted by atomic mass is 10.1. The van der Waals surface area contributed by atoms with E-state index in [-0.39, 0.29) is 57.5 Å². The molecule has 0 fully saturated rings. The summed E-state index contributed by atoms with van der Waals surface area (Å²) in [5, 5.41) is 91.7. The van der Waals surface area contributed by atoms with Crippen LogP contribution < -0.4 is 55.6 Å². The Morgan fingerprint density at radius 1 is 0.273 bits per heavy atom. The fraction of sp³-hybridized carbons (Fsp3) is 0.398. The van der Waals surface area contributed by atoms with Crippen LogP contribution in [0.1, 0.15) is 98.0 Å². The summed E-state index contributed by atoms with van der Waals surface area (Å²) in [5.41, 5.74) is 6.93. The van der Waals surface area contributed by atoms with Crippen LogP contribution in [0, 0.1) is 48.5 Å². The third kappa shape index (κ3) is 41.4. The number of rotatable bonds is 16. The van der Waals surface area contributed by atoms with Crippen molar-refractivity contribution in [1.29, 1.82) is 0 Å². The third-order valence-corrected chi connectivity index (χ3v) is 15.6. The molecule has 0 bridgehead atoms. The van der Waals surface area contributed by atoms with Gasteiger partial charge >= 0.3 is 0 Å². The molecular weight excluding hydrogens is 1570 g/mol. The zero-order valence-electron chi connectivity index (χ0n) is 73.9. The molecule has 0 aliphatic heterocycles. The molecule has 0 amide bonds. The molecule has 0 spiro atoms. The minimum Gasteiger partial charge on any atom is -0.503 e. The van der Waals surface area contributed by atoms with Gasteiger partial charge < -0.3 is 140 Å². The summed E-state index contributed by atoms with van der Waals surface area (Å²) >= 11 is 0. The molecule has 10 heterocycles. The standard InChI is InChI=1S/C12H21N3O2.C11H19N3O2.3C9H14N2O2.C8H12N2O2.3C6H7NO2.C5H5NO2.C2H6/c1-8-9(6-14(2)3)11(16)12(17)13-10(8)7-15(4)5;1-13(2)6-8-5-9(7-14(3)4)12-11(16)10(8)15;1-6-4-10-9(13)8(12)7(6)5-11(2)3;1-6-4-7(5-11(2)3)8(12)9(13)10-6;1-6-4-7(5-11(2)3)10-9(13)8(6)12;1-10(2)5-6-3-4-9-8(12)7(6)11;1-4-2-5(8)6(9)7-3-4;1-4-2-3-7-6(9)5(4)8;1-4-2-3-5(8)6(9)7-4;7-4-2-1-3-6-5(4)8;1-2/h16H,6-7H2,1-5H3,(H,13,17);5,15H,6-7H2,1-4H3,(H,12,16);3*4,12H,5H2,1-3H3,(H,10,13);3-4,11H,5H2,1-2H3,(H,9,12);3*2-3,8H,1H3,(H,7,9);1-3,7H,(H,6,8);1-2H3. The van der Waals surface area contributed by atoms with Crippen LogP contribution in [-0.4, -0.2) is 253 Å². The predicted molar refractivity (Wildman–Crippen MR) is 471 cm³/mol. The number of aromatic amines is 10. The monoisotopic (exact) mass is 1690 g/mol. The van der Waals surface area contributed by atoms with Crippen LogP contribution in [0.2, 0.25) is 0 Å². The highest BCUT2D eigenvalue weighted by atomic mass is 16.3. The Bertz CT molecular complexity index is 5470. The number of aromatic nitrogens is 10. The van der Waals surface area contributed by atoms with Crippen LogP contribution >= 0.6 is 0 Å². The summed E-state index contributed by atoms with van der Waals surface area (Å²) in [6.45, 7) is 21.3. The van der Waals surface area contributed by atoms with E-state index < -0.39 is 55.6 Å². The van der Waals surface area contributed by atoms with E-state index in [0.717, 1.165) is 45.2 Å². The average molecular weight is 1700 g/mol. The molecule has 0 atom stereocenters. The molecule has 121 heavy (non-hydrogen) atoms. The molecule has 10 aromatic heterocycles. The van der Waals surface area contributed by atoms with E-state index in [1.54, 1.807) is 83.4 Å². The van der Waals surface area contributed by atoms with Crippen molar-refractivity contribution in [2.45, 2.75) is 115 Å². The van der Waals surface area contributed by atoms with Crippen molar-refractivity contribution in [1.82, 2.24) is 89.0 Å². The molecule has 0 aliphatic carbocycles. The maximum Gasteiger partial charge on any atom is 0.290 e. The lowest BCUT2D eigenvalue weighted by Crippen LogP contribution is -2.22. The Morgan fingerprint density at radius 3 is 1.09 bits per heavy atom. The summed E-state index contributed by atoms with van der Waals surface area (Å²) in [6.07, 6.45) is 7.64. The number of hydrogen-bond donors (Lipinski definition) is 20. The SMILES string of the molecule is CC.CN(C)Cc1cc(CN(C)C)c(O)c(=O)[nH]1.CN(C)Cc1cc[nH]c(=O)c1O.Cc1c(CN(C)C)[nH]c(=O)c(O)c1CN(C)C.Cc1c[nH]c(=O)c(O)c1.Cc1c[nH]c(=O)c(O)c1CN(C)C.Cc1cc(CN(C)C)[nH]c(=O)c1O.Cc1cc(CN(C)C)c(O)c(=O)[nH]1.Cc1cc[nH]c(=O)c1O.Cc1ccc(O)c(=O)[nH]1.O=c1[nH]cccc1O. The molecule has 0 saturated heterocycles. The number of nitrogens with one attached hydrogen (secondary N) is 10. The van der Waals surface area contributed by atoms with Gasteiger partial charge in [-0.25, -0.2) is 0 Å². The van der Waals surface area contributed by atoms with Gasteiger partial charge in [-0.15, -0.1) is 0 Å².